The Bertz CT molecular complexity index is 518. The molecule has 0 aromatic carbocycles. The van der Waals surface area contributed by atoms with Crippen molar-refractivity contribution in [1.29, 1.82) is 0 Å². The number of rotatable bonds is 0. The predicted molar refractivity (Wildman–Crippen MR) is 91.3 cm³/mol. The van der Waals surface area contributed by atoms with Gasteiger partial charge in [-0.05, 0) is 36.5 Å². The molecule has 4 bridgehead atoms. The molecule has 0 radical (unpaired) electrons. The van der Waals surface area contributed by atoms with Gasteiger partial charge in [-0.25, -0.2) is 0 Å². The summed E-state index contributed by atoms with van der Waals surface area (Å²) >= 11 is 42.2. The van der Waals surface area contributed by atoms with Crippen LogP contribution >= 0.6 is 92.2 Å². The van der Waals surface area contributed by atoms with E-state index in [1.807, 2.05) is 0 Å². The molecule has 4 aliphatic rings. The number of hydrogen-bond acceptors (Lipinski definition) is 0. The van der Waals surface area contributed by atoms with Crippen LogP contribution in [0.2, 0.25) is 0 Å². The minimum atomic E-state index is -1.34. The van der Waals surface area contributed by atoms with Gasteiger partial charge in [0.1, 0.15) is 9.75 Å². The lowest BCUT2D eigenvalue weighted by Gasteiger charge is -2.41. The van der Waals surface area contributed by atoms with Crippen LogP contribution in [0.3, 0.4) is 0 Å². The molecular weight excluding hydrogens is 484 g/mol. The highest BCUT2D eigenvalue weighted by Crippen LogP contribution is 2.82. The maximum Gasteiger partial charge on any atom is 0.166 e. The van der Waals surface area contributed by atoms with Gasteiger partial charge in [0, 0.05) is 3.92 Å². The van der Waals surface area contributed by atoms with E-state index in [1.165, 1.54) is 0 Å². The SMILES string of the molecule is ClC1=C(Cl)C2(Cl)C3C([C@@H]4C[C@H](I)[C@H]3C4)C1(Cl)C2(Cl)Cl. The third kappa shape index (κ3) is 1.29. The van der Waals surface area contributed by atoms with Crippen LogP contribution in [0.15, 0.2) is 10.1 Å². The third-order valence-electron chi connectivity index (χ3n) is 5.59. The maximum absolute atomic E-state index is 6.86. The van der Waals surface area contributed by atoms with Crippen LogP contribution in [0.1, 0.15) is 12.8 Å². The Morgan fingerprint density at radius 1 is 0.895 bits per heavy atom. The molecule has 106 valence electrons. The van der Waals surface area contributed by atoms with Gasteiger partial charge in [-0.1, -0.05) is 69.0 Å². The monoisotopic (exact) mass is 490 g/mol. The van der Waals surface area contributed by atoms with Crippen LogP contribution in [-0.2, 0) is 0 Å². The summed E-state index contributed by atoms with van der Waals surface area (Å²) in [7, 11) is 0. The lowest BCUT2D eigenvalue weighted by atomic mass is 9.72. The van der Waals surface area contributed by atoms with Crippen molar-refractivity contribution in [2.45, 2.75) is 30.8 Å². The zero-order chi connectivity index (χ0) is 14.0. The summed E-state index contributed by atoms with van der Waals surface area (Å²) in [6, 6.07) is 0. The van der Waals surface area contributed by atoms with E-state index in [4.69, 9.17) is 69.6 Å². The number of alkyl halides is 5. The van der Waals surface area contributed by atoms with Crippen LogP contribution in [0.5, 0.6) is 0 Å². The average Bonchev–Trinajstić information content (AvgIpc) is 2.95. The van der Waals surface area contributed by atoms with E-state index in [9.17, 15) is 0 Å². The Morgan fingerprint density at radius 2 is 1.42 bits per heavy atom. The number of hydrogen-bond donors (Lipinski definition) is 0. The van der Waals surface area contributed by atoms with Crippen LogP contribution in [0.4, 0.5) is 0 Å². The van der Waals surface area contributed by atoms with E-state index >= 15 is 0 Å². The smallest absolute Gasteiger partial charge is 0.109 e. The summed E-state index contributed by atoms with van der Waals surface area (Å²) in [6.45, 7) is 0. The van der Waals surface area contributed by atoms with E-state index in [0.717, 1.165) is 12.8 Å². The molecule has 3 saturated carbocycles. The molecule has 0 aromatic rings. The van der Waals surface area contributed by atoms with Gasteiger partial charge in [-0.15, -0.1) is 23.2 Å². The summed E-state index contributed by atoms with van der Waals surface area (Å²) < 4.78 is -0.754. The molecule has 0 heterocycles. The average molecular weight is 493 g/mol. The van der Waals surface area contributed by atoms with E-state index < -0.39 is 14.1 Å². The highest BCUT2D eigenvalue weighted by atomic mass is 127. The molecule has 7 heteroatoms. The quantitative estimate of drug-likeness (QED) is 0.224. The first-order valence-corrected chi connectivity index (χ1v) is 9.66. The maximum atomic E-state index is 6.86. The van der Waals surface area contributed by atoms with Gasteiger partial charge in [0.05, 0.1) is 10.1 Å². The number of fused-ring (bicyclic) bond motifs is 9. The highest BCUT2D eigenvalue weighted by Gasteiger charge is 2.86. The van der Waals surface area contributed by atoms with Crippen molar-refractivity contribution in [3.8, 4) is 0 Å². The Kier molecular flexibility index (Phi) is 3.11. The van der Waals surface area contributed by atoms with Crippen LogP contribution in [0.25, 0.3) is 0 Å². The van der Waals surface area contributed by atoms with Crippen molar-refractivity contribution in [1.82, 2.24) is 0 Å². The predicted octanol–water partition coefficient (Wildman–Crippen LogP) is 5.91. The minimum Gasteiger partial charge on any atom is -0.109 e. The molecule has 4 rings (SSSR count). The van der Waals surface area contributed by atoms with Crippen molar-refractivity contribution in [2.75, 3.05) is 0 Å². The van der Waals surface area contributed by atoms with E-state index in [0.29, 0.717) is 25.8 Å². The first kappa shape index (κ1) is 14.8. The highest BCUT2D eigenvalue weighted by molar-refractivity contribution is 14.1. The molecular formula is C12H9Cl6I. The molecule has 4 aliphatic carbocycles. The van der Waals surface area contributed by atoms with Crippen molar-refractivity contribution < 1.29 is 0 Å². The first-order chi connectivity index (χ1) is 8.69. The Morgan fingerprint density at radius 3 is 2.00 bits per heavy atom. The lowest BCUT2D eigenvalue weighted by molar-refractivity contribution is 0.228. The third-order valence-corrected chi connectivity index (χ3v) is 11.3. The fourth-order valence-corrected chi connectivity index (χ4v) is 9.51. The van der Waals surface area contributed by atoms with E-state index in [1.54, 1.807) is 0 Å². The van der Waals surface area contributed by atoms with E-state index in [2.05, 4.69) is 22.6 Å². The second kappa shape index (κ2) is 3.99. The van der Waals surface area contributed by atoms with Crippen molar-refractivity contribution in [3.05, 3.63) is 10.1 Å². The second-order valence-electron chi connectivity index (χ2n) is 6.09. The lowest BCUT2D eigenvalue weighted by Crippen LogP contribution is -2.46. The van der Waals surface area contributed by atoms with Gasteiger partial charge in [0.2, 0.25) is 0 Å². The molecule has 3 fully saturated rings. The van der Waals surface area contributed by atoms with Gasteiger partial charge in [0.15, 0.2) is 4.33 Å². The molecule has 0 aliphatic heterocycles. The molecule has 0 nitrogen and oxygen atoms in total. The molecule has 7 atom stereocenters. The van der Waals surface area contributed by atoms with E-state index in [-0.39, 0.29) is 11.8 Å². The van der Waals surface area contributed by atoms with Crippen molar-refractivity contribution in [3.63, 3.8) is 0 Å². The number of halogens is 7. The van der Waals surface area contributed by atoms with Gasteiger partial charge < -0.3 is 0 Å². The molecule has 19 heavy (non-hydrogen) atoms. The summed E-state index contributed by atoms with van der Waals surface area (Å²) in [5, 5.41) is 0.711. The van der Waals surface area contributed by atoms with Crippen LogP contribution in [0, 0.1) is 23.7 Å². The normalized spacial score (nSPS) is 61.1. The summed E-state index contributed by atoms with van der Waals surface area (Å²) in [6.07, 6.45) is 2.27. The molecule has 0 aromatic heterocycles. The van der Waals surface area contributed by atoms with Gasteiger partial charge in [0.25, 0.3) is 0 Å². The zero-order valence-corrected chi connectivity index (χ0v) is 16.1. The van der Waals surface area contributed by atoms with Crippen LogP contribution < -0.4 is 0 Å². The van der Waals surface area contributed by atoms with Crippen molar-refractivity contribution in [2.24, 2.45) is 23.7 Å². The molecule has 0 spiro atoms. The summed E-state index contributed by atoms with van der Waals surface area (Å²) in [4.78, 5) is -2.07. The van der Waals surface area contributed by atoms with Crippen LogP contribution in [-0.4, -0.2) is 18.0 Å². The van der Waals surface area contributed by atoms with Gasteiger partial charge >= 0.3 is 0 Å². The van der Waals surface area contributed by atoms with Crippen molar-refractivity contribution >= 4 is 92.2 Å². The Hall–Kier alpha value is 2.21. The molecule has 4 unspecified atom stereocenters. The Balaban J connectivity index is 1.99. The molecule has 0 saturated heterocycles. The van der Waals surface area contributed by atoms with Gasteiger partial charge in [-0.2, -0.15) is 0 Å². The summed E-state index contributed by atoms with van der Waals surface area (Å²) in [5.74, 6) is 1.22. The Labute approximate surface area is 155 Å². The first-order valence-electron chi connectivity index (χ1n) is 6.15. The zero-order valence-electron chi connectivity index (χ0n) is 9.45. The fraction of sp³-hybridized carbons (Fsp3) is 0.833. The molecule has 0 amide bonds. The standard InChI is InChI=1S/C12H9Cl6I/c13-8-9(14)11(16)7-4-1-3(2-5(4)19)6(7)10(8,15)12(11,17)18/h3-7H,1-2H2/t3-,4+,5-,6?,7?,10?,11?/m0/s1. The molecule has 0 N–H and O–H groups in total. The van der Waals surface area contributed by atoms with Gasteiger partial charge in [-0.3, -0.25) is 0 Å². The largest absolute Gasteiger partial charge is 0.166 e. The topological polar surface area (TPSA) is 0 Å². The summed E-state index contributed by atoms with van der Waals surface area (Å²) in [5.41, 5.74) is 0. The number of allylic oxidation sites excluding steroid dienone is 2. The second-order valence-corrected chi connectivity index (χ2v) is 11.0. The fourth-order valence-electron chi connectivity index (χ4n) is 4.97. The minimum absolute atomic E-state index is 0.123.